The van der Waals surface area contributed by atoms with Crippen LogP contribution in [0.5, 0.6) is 0 Å². The van der Waals surface area contributed by atoms with Crippen molar-refractivity contribution in [2.24, 2.45) is 0 Å². The fourth-order valence-corrected chi connectivity index (χ4v) is 4.21. The Morgan fingerprint density at radius 1 is 0.720 bits per heavy atom. The molecule has 0 amide bonds. The highest BCUT2D eigenvalue weighted by Crippen LogP contribution is 2.47. The summed E-state index contributed by atoms with van der Waals surface area (Å²) in [6.45, 7) is 4.28. The molecule has 2 heteroatoms. The predicted molar refractivity (Wildman–Crippen MR) is 103 cm³/mol. The summed E-state index contributed by atoms with van der Waals surface area (Å²) in [6.07, 6.45) is 8.81. The summed E-state index contributed by atoms with van der Waals surface area (Å²) < 4.78 is 0. The van der Waals surface area contributed by atoms with E-state index in [1.807, 2.05) is 18.5 Å². The van der Waals surface area contributed by atoms with Gasteiger partial charge in [0.2, 0.25) is 0 Å². The summed E-state index contributed by atoms with van der Waals surface area (Å²) in [5.74, 6) is 0. The van der Waals surface area contributed by atoms with E-state index in [9.17, 15) is 0 Å². The minimum absolute atomic E-state index is 0.119. The molecule has 1 fully saturated rings. The Bertz CT molecular complexity index is 892. The van der Waals surface area contributed by atoms with E-state index < -0.39 is 0 Å². The van der Waals surface area contributed by atoms with Crippen molar-refractivity contribution >= 4 is 0 Å². The smallest absolute Gasteiger partial charge is 0.0889 e. The summed E-state index contributed by atoms with van der Waals surface area (Å²) in [5.41, 5.74) is 7.42. The number of nitrogens with zero attached hydrogens (tertiary/aromatic N) is 2. The van der Waals surface area contributed by atoms with Crippen LogP contribution < -0.4 is 0 Å². The van der Waals surface area contributed by atoms with Gasteiger partial charge in [-0.05, 0) is 67.6 Å². The van der Waals surface area contributed by atoms with Crippen molar-refractivity contribution in [3.8, 4) is 11.4 Å². The van der Waals surface area contributed by atoms with Gasteiger partial charge in [0, 0.05) is 17.8 Å². The molecule has 1 saturated carbocycles. The van der Waals surface area contributed by atoms with E-state index in [1.54, 1.807) is 0 Å². The third-order valence-electron chi connectivity index (χ3n) is 5.52. The molecule has 0 radical (unpaired) electrons. The highest BCUT2D eigenvalue weighted by molar-refractivity contribution is 5.57. The van der Waals surface area contributed by atoms with E-state index in [4.69, 9.17) is 0 Å². The molecule has 0 N–H and O–H groups in total. The van der Waals surface area contributed by atoms with Crippen LogP contribution in [-0.4, -0.2) is 9.97 Å². The van der Waals surface area contributed by atoms with Gasteiger partial charge in [0.1, 0.15) is 0 Å². The summed E-state index contributed by atoms with van der Waals surface area (Å²) in [4.78, 5) is 9.13. The zero-order chi connectivity index (χ0) is 17.3. The van der Waals surface area contributed by atoms with E-state index in [0.29, 0.717) is 0 Å². The number of hydrogen-bond acceptors (Lipinski definition) is 2. The summed E-state index contributed by atoms with van der Waals surface area (Å²) >= 11 is 0. The maximum atomic E-state index is 4.60. The standard InChI is InChI=1S/C23H24N2/c1-17-6-5-7-19(14-17)23(10-3-4-11-23)20-9-13-25-22(16-20)21-15-18(2)8-12-24-21/h5-9,12-16H,3-4,10-11H2,1-2H3. The average Bonchev–Trinajstić information content (AvgIpc) is 3.13. The predicted octanol–water partition coefficient (Wildman–Crippen LogP) is 5.62. The van der Waals surface area contributed by atoms with Gasteiger partial charge in [-0.3, -0.25) is 9.97 Å². The molecule has 0 saturated heterocycles. The molecular weight excluding hydrogens is 304 g/mol. The van der Waals surface area contributed by atoms with Crippen LogP contribution >= 0.6 is 0 Å². The second-order valence-electron chi connectivity index (χ2n) is 7.31. The third-order valence-corrected chi connectivity index (χ3v) is 5.52. The molecule has 4 rings (SSSR count). The highest BCUT2D eigenvalue weighted by atomic mass is 14.8. The van der Waals surface area contributed by atoms with Gasteiger partial charge >= 0.3 is 0 Å². The third kappa shape index (κ3) is 2.97. The summed E-state index contributed by atoms with van der Waals surface area (Å²) in [6, 6.07) is 17.6. The molecule has 25 heavy (non-hydrogen) atoms. The van der Waals surface area contributed by atoms with Crippen molar-refractivity contribution in [3.63, 3.8) is 0 Å². The topological polar surface area (TPSA) is 25.8 Å². The molecule has 1 aromatic carbocycles. The lowest BCUT2D eigenvalue weighted by molar-refractivity contribution is 0.534. The maximum absolute atomic E-state index is 4.60. The lowest BCUT2D eigenvalue weighted by Gasteiger charge is -2.31. The fraction of sp³-hybridized carbons (Fsp3) is 0.304. The zero-order valence-electron chi connectivity index (χ0n) is 15.0. The second kappa shape index (κ2) is 6.44. The van der Waals surface area contributed by atoms with Crippen LogP contribution in [0.4, 0.5) is 0 Å². The quantitative estimate of drug-likeness (QED) is 0.623. The average molecular weight is 328 g/mol. The first-order valence-corrected chi connectivity index (χ1v) is 9.14. The van der Waals surface area contributed by atoms with E-state index in [-0.39, 0.29) is 5.41 Å². The largest absolute Gasteiger partial charge is 0.255 e. The highest BCUT2D eigenvalue weighted by Gasteiger charge is 2.37. The molecule has 0 unspecified atom stereocenters. The van der Waals surface area contributed by atoms with E-state index in [1.165, 1.54) is 47.9 Å². The van der Waals surface area contributed by atoms with E-state index in [0.717, 1.165) is 11.4 Å². The number of aryl methyl sites for hydroxylation is 2. The van der Waals surface area contributed by atoms with Crippen molar-refractivity contribution in [2.45, 2.75) is 44.9 Å². The van der Waals surface area contributed by atoms with Crippen LogP contribution in [0.2, 0.25) is 0 Å². The number of aromatic nitrogens is 2. The van der Waals surface area contributed by atoms with Gasteiger partial charge in [-0.1, -0.05) is 42.7 Å². The molecule has 2 aromatic heterocycles. The van der Waals surface area contributed by atoms with Crippen LogP contribution in [0, 0.1) is 13.8 Å². The molecule has 126 valence electrons. The summed E-state index contributed by atoms with van der Waals surface area (Å²) in [7, 11) is 0. The first kappa shape index (κ1) is 16.0. The molecule has 0 bridgehead atoms. The Hall–Kier alpha value is -2.48. The Morgan fingerprint density at radius 2 is 1.36 bits per heavy atom. The zero-order valence-corrected chi connectivity index (χ0v) is 15.0. The number of pyridine rings is 2. The second-order valence-corrected chi connectivity index (χ2v) is 7.31. The minimum Gasteiger partial charge on any atom is -0.255 e. The fourth-order valence-electron chi connectivity index (χ4n) is 4.21. The van der Waals surface area contributed by atoms with Gasteiger partial charge in [-0.2, -0.15) is 0 Å². The van der Waals surface area contributed by atoms with Crippen molar-refractivity contribution in [1.82, 2.24) is 9.97 Å². The molecule has 3 aromatic rings. The lowest BCUT2D eigenvalue weighted by atomic mass is 9.73. The van der Waals surface area contributed by atoms with Crippen LogP contribution in [-0.2, 0) is 5.41 Å². The molecule has 0 aliphatic heterocycles. The van der Waals surface area contributed by atoms with Crippen molar-refractivity contribution in [1.29, 1.82) is 0 Å². The van der Waals surface area contributed by atoms with Crippen LogP contribution in [0.1, 0.15) is 47.9 Å². The van der Waals surface area contributed by atoms with Crippen LogP contribution in [0.15, 0.2) is 60.9 Å². The number of hydrogen-bond donors (Lipinski definition) is 0. The van der Waals surface area contributed by atoms with Crippen molar-refractivity contribution < 1.29 is 0 Å². The molecule has 1 aliphatic rings. The van der Waals surface area contributed by atoms with Gasteiger partial charge in [-0.15, -0.1) is 0 Å². The number of rotatable bonds is 3. The monoisotopic (exact) mass is 328 g/mol. The maximum Gasteiger partial charge on any atom is 0.0889 e. The Labute approximate surface area is 150 Å². The van der Waals surface area contributed by atoms with E-state index in [2.05, 4.69) is 66.3 Å². The normalized spacial score (nSPS) is 16.1. The van der Waals surface area contributed by atoms with Gasteiger partial charge in [0.25, 0.3) is 0 Å². The molecule has 0 spiro atoms. The minimum atomic E-state index is 0.119. The Balaban J connectivity index is 1.83. The van der Waals surface area contributed by atoms with Gasteiger partial charge < -0.3 is 0 Å². The lowest BCUT2D eigenvalue weighted by Crippen LogP contribution is -2.24. The first-order valence-electron chi connectivity index (χ1n) is 9.14. The molecule has 1 aliphatic carbocycles. The molecule has 0 atom stereocenters. The van der Waals surface area contributed by atoms with Crippen molar-refractivity contribution in [3.05, 3.63) is 83.2 Å². The molecular formula is C23H24N2. The van der Waals surface area contributed by atoms with Gasteiger partial charge in [0.15, 0.2) is 0 Å². The Morgan fingerprint density at radius 3 is 2.08 bits per heavy atom. The van der Waals surface area contributed by atoms with Crippen molar-refractivity contribution in [2.75, 3.05) is 0 Å². The SMILES string of the molecule is Cc1cccc(C2(c3ccnc(-c4cc(C)ccn4)c3)CCCC2)c1. The number of benzene rings is 1. The first-order chi connectivity index (χ1) is 12.2. The molecule has 2 nitrogen and oxygen atoms in total. The van der Waals surface area contributed by atoms with Crippen LogP contribution in [0.3, 0.4) is 0 Å². The van der Waals surface area contributed by atoms with Gasteiger partial charge in [0.05, 0.1) is 11.4 Å². The van der Waals surface area contributed by atoms with Crippen LogP contribution in [0.25, 0.3) is 11.4 Å². The molecule has 2 heterocycles. The van der Waals surface area contributed by atoms with E-state index >= 15 is 0 Å². The summed E-state index contributed by atoms with van der Waals surface area (Å²) in [5, 5.41) is 0. The Kier molecular flexibility index (Phi) is 4.12. The van der Waals surface area contributed by atoms with Gasteiger partial charge in [-0.25, -0.2) is 0 Å².